The minimum Gasteiger partial charge on any atom is -0.298 e. The Morgan fingerprint density at radius 2 is 1.46 bits per heavy atom. The Balaban J connectivity index is 2.46. The second-order valence-electron chi connectivity index (χ2n) is 6.29. The first-order chi connectivity index (χ1) is 12.4. The molecular weight excluding hydrogens is 398 g/mol. The third-order valence-electron chi connectivity index (χ3n) is 4.65. The van der Waals surface area contributed by atoms with E-state index in [1.807, 2.05) is 43.3 Å². The van der Waals surface area contributed by atoms with Crippen molar-refractivity contribution in [3.05, 3.63) is 105 Å². The molecular formula is C22H17BrF2O. The molecule has 0 saturated carbocycles. The van der Waals surface area contributed by atoms with Crippen LogP contribution in [0, 0.1) is 18.6 Å². The molecule has 1 nitrogen and oxygen atoms in total. The van der Waals surface area contributed by atoms with E-state index >= 15 is 0 Å². The van der Waals surface area contributed by atoms with Crippen molar-refractivity contribution in [3.8, 4) is 0 Å². The van der Waals surface area contributed by atoms with Crippen LogP contribution >= 0.6 is 15.9 Å². The fourth-order valence-electron chi connectivity index (χ4n) is 3.54. The van der Waals surface area contributed by atoms with Crippen molar-refractivity contribution >= 4 is 21.7 Å². The molecule has 0 fully saturated rings. The van der Waals surface area contributed by atoms with Crippen molar-refractivity contribution in [1.82, 2.24) is 0 Å². The third-order valence-corrected chi connectivity index (χ3v) is 5.18. The number of hydrogen-bond donors (Lipinski definition) is 0. The van der Waals surface area contributed by atoms with Gasteiger partial charge in [0, 0.05) is 10.5 Å². The molecule has 0 aliphatic rings. The highest BCUT2D eigenvalue weighted by Gasteiger charge is 2.42. The van der Waals surface area contributed by atoms with Gasteiger partial charge in [0.2, 0.25) is 0 Å². The maximum Gasteiger partial charge on any atom is 0.149 e. The lowest BCUT2D eigenvalue weighted by molar-refractivity contribution is -0.119. The highest BCUT2D eigenvalue weighted by molar-refractivity contribution is 9.10. The van der Waals surface area contributed by atoms with Crippen LogP contribution < -0.4 is 0 Å². The fourth-order valence-corrected chi connectivity index (χ4v) is 3.80. The van der Waals surface area contributed by atoms with Crippen molar-refractivity contribution in [2.45, 2.75) is 19.3 Å². The van der Waals surface area contributed by atoms with Gasteiger partial charge < -0.3 is 0 Å². The fraction of sp³-hybridized carbons (Fsp3) is 0.136. The van der Waals surface area contributed by atoms with Crippen molar-refractivity contribution < 1.29 is 13.6 Å². The largest absolute Gasteiger partial charge is 0.298 e. The van der Waals surface area contributed by atoms with E-state index in [2.05, 4.69) is 15.9 Å². The van der Waals surface area contributed by atoms with Gasteiger partial charge in [-0.05, 0) is 60.4 Å². The van der Waals surface area contributed by atoms with Gasteiger partial charge in [-0.15, -0.1) is 0 Å². The summed E-state index contributed by atoms with van der Waals surface area (Å²) in [5, 5.41) is 0. The summed E-state index contributed by atoms with van der Waals surface area (Å²) in [7, 11) is 0. The number of rotatable bonds is 4. The van der Waals surface area contributed by atoms with E-state index in [0.717, 1.165) is 16.1 Å². The number of aryl methyl sites for hydroxylation is 1. The highest BCUT2D eigenvalue weighted by Crippen LogP contribution is 2.42. The maximum atomic E-state index is 14.1. The zero-order valence-electron chi connectivity index (χ0n) is 14.4. The van der Waals surface area contributed by atoms with E-state index in [0.29, 0.717) is 11.1 Å². The first-order valence-corrected chi connectivity index (χ1v) is 8.94. The Morgan fingerprint density at radius 1 is 0.885 bits per heavy atom. The average Bonchev–Trinajstić information content (AvgIpc) is 2.57. The number of Topliss-reactive ketones (excluding diaryl/α,β-unsaturated/α-hetero) is 1. The van der Waals surface area contributed by atoms with Gasteiger partial charge >= 0.3 is 0 Å². The smallest absolute Gasteiger partial charge is 0.149 e. The van der Waals surface area contributed by atoms with Gasteiger partial charge in [-0.1, -0.05) is 52.3 Å². The van der Waals surface area contributed by atoms with Gasteiger partial charge in [-0.3, -0.25) is 4.79 Å². The standard InChI is InChI=1S/C22H17BrF2O/c1-14-5-3-4-6-21(14)22(15(2)26,16-7-9-18(23)10-8-16)17-11-19(24)13-20(25)12-17/h3-13H,1-2H3. The predicted molar refractivity (Wildman–Crippen MR) is 102 cm³/mol. The molecule has 4 heteroatoms. The molecule has 0 radical (unpaired) electrons. The molecule has 0 bridgehead atoms. The van der Waals surface area contributed by atoms with E-state index in [1.54, 1.807) is 12.1 Å². The second-order valence-corrected chi connectivity index (χ2v) is 7.20. The zero-order chi connectivity index (χ0) is 18.9. The Morgan fingerprint density at radius 3 is 2.00 bits per heavy atom. The zero-order valence-corrected chi connectivity index (χ0v) is 16.0. The summed E-state index contributed by atoms with van der Waals surface area (Å²) in [5.74, 6) is -1.63. The minimum absolute atomic E-state index is 0.209. The topological polar surface area (TPSA) is 17.1 Å². The highest BCUT2D eigenvalue weighted by atomic mass is 79.9. The van der Waals surface area contributed by atoms with E-state index < -0.39 is 17.0 Å². The Kier molecular flexibility index (Phi) is 5.05. The molecule has 3 aromatic rings. The summed E-state index contributed by atoms with van der Waals surface area (Å²) in [6, 6.07) is 18.0. The average molecular weight is 415 g/mol. The Bertz CT molecular complexity index is 946. The third kappa shape index (κ3) is 3.10. The van der Waals surface area contributed by atoms with Gasteiger partial charge in [0.1, 0.15) is 22.8 Å². The number of ketones is 1. The second kappa shape index (κ2) is 7.12. The Hall–Kier alpha value is -2.33. The SMILES string of the molecule is CC(=O)C(c1ccc(Br)cc1)(c1cc(F)cc(F)c1)c1ccccc1C. The summed E-state index contributed by atoms with van der Waals surface area (Å²) in [6.45, 7) is 3.35. The summed E-state index contributed by atoms with van der Waals surface area (Å²) in [6.07, 6.45) is 0. The molecule has 0 saturated heterocycles. The van der Waals surface area contributed by atoms with Crippen LogP contribution in [-0.2, 0) is 10.2 Å². The molecule has 1 atom stereocenters. The summed E-state index contributed by atoms with van der Waals surface area (Å²) >= 11 is 3.39. The normalized spacial score (nSPS) is 13.3. The molecule has 0 aliphatic carbocycles. The molecule has 1 unspecified atom stereocenters. The van der Waals surface area contributed by atoms with Crippen LogP contribution in [0.5, 0.6) is 0 Å². The maximum absolute atomic E-state index is 14.1. The van der Waals surface area contributed by atoms with Crippen LogP contribution in [0.25, 0.3) is 0 Å². The van der Waals surface area contributed by atoms with Gasteiger partial charge in [0.25, 0.3) is 0 Å². The summed E-state index contributed by atoms with van der Waals surface area (Å²) < 4.78 is 29.0. The molecule has 3 aromatic carbocycles. The van der Waals surface area contributed by atoms with Gasteiger partial charge in [0.05, 0.1) is 0 Å². The van der Waals surface area contributed by atoms with E-state index in [9.17, 15) is 13.6 Å². The number of benzene rings is 3. The number of halogens is 3. The monoisotopic (exact) mass is 414 g/mol. The lowest BCUT2D eigenvalue weighted by Gasteiger charge is -2.34. The summed E-state index contributed by atoms with van der Waals surface area (Å²) in [4.78, 5) is 13.1. The lowest BCUT2D eigenvalue weighted by Crippen LogP contribution is -2.38. The van der Waals surface area contributed by atoms with Crippen LogP contribution in [0.15, 0.2) is 71.2 Å². The number of carbonyl (C=O) groups is 1. The van der Waals surface area contributed by atoms with Crippen molar-refractivity contribution in [2.75, 3.05) is 0 Å². The summed E-state index contributed by atoms with van der Waals surface area (Å²) in [5.41, 5.74) is 1.22. The first-order valence-electron chi connectivity index (χ1n) is 8.15. The molecule has 0 aromatic heterocycles. The van der Waals surface area contributed by atoms with Gasteiger partial charge in [0.15, 0.2) is 0 Å². The predicted octanol–water partition coefficient (Wildman–Crippen LogP) is 5.96. The van der Waals surface area contributed by atoms with E-state index in [4.69, 9.17) is 0 Å². The van der Waals surface area contributed by atoms with Crippen LogP contribution in [-0.4, -0.2) is 5.78 Å². The molecule has 132 valence electrons. The molecule has 26 heavy (non-hydrogen) atoms. The van der Waals surface area contributed by atoms with E-state index in [1.165, 1.54) is 19.1 Å². The van der Waals surface area contributed by atoms with Crippen LogP contribution in [0.2, 0.25) is 0 Å². The minimum atomic E-state index is -1.30. The van der Waals surface area contributed by atoms with Crippen LogP contribution in [0.3, 0.4) is 0 Å². The molecule has 0 spiro atoms. The quantitative estimate of drug-likeness (QED) is 0.481. The van der Waals surface area contributed by atoms with Gasteiger partial charge in [-0.25, -0.2) is 8.78 Å². The molecule has 0 aliphatic heterocycles. The Labute approximate surface area is 159 Å². The molecule has 0 heterocycles. The van der Waals surface area contributed by atoms with Crippen molar-refractivity contribution in [2.24, 2.45) is 0 Å². The molecule has 0 amide bonds. The molecule has 3 rings (SSSR count). The van der Waals surface area contributed by atoms with Crippen LogP contribution in [0.1, 0.15) is 29.2 Å². The number of hydrogen-bond acceptors (Lipinski definition) is 1. The lowest BCUT2D eigenvalue weighted by atomic mass is 9.66. The van der Waals surface area contributed by atoms with Gasteiger partial charge in [-0.2, -0.15) is 0 Å². The molecule has 0 N–H and O–H groups in total. The van der Waals surface area contributed by atoms with Crippen molar-refractivity contribution in [3.63, 3.8) is 0 Å². The first kappa shape index (κ1) is 18.5. The van der Waals surface area contributed by atoms with Crippen LogP contribution in [0.4, 0.5) is 8.78 Å². The van der Waals surface area contributed by atoms with E-state index in [-0.39, 0.29) is 11.3 Å². The van der Waals surface area contributed by atoms with Crippen molar-refractivity contribution in [1.29, 1.82) is 0 Å². The number of carbonyl (C=O) groups excluding carboxylic acids is 1.